The van der Waals surface area contributed by atoms with Gasteiger partial charge in [-0.1, -0.05) is 43.2 Å². The van der Waals surface area contributed by atoms with E-state index in [1.807, 2.05) is 39.8 Å². The van der Waals surface area contributed by atoms with Gasteiger partial charge in [0.25, 0.3) is 11.5 Å². The second-order valence-electron chi connectivity index (χ2n) is 9.94. The summed E-state index contributed by atoms with van der Waals surface area (Å²) in [5.74, 6) is 1.48. The van der Waals surface area contributed by atoms with E-state index < -0.39 is 0 Å². The minimum Gasteiger partial charge on any atom is -0.341 e. The Morgan fingerprint density at radius 3 is 2.53 bits per heavy atom. The molecule has 1 N–H and O–H groups in total. The topological polar surface area (TPSA) is 83.9 Å². The predicted molar refractivity (Wildman–Crippen MR) is 144 cm³/mol. The number of nitrogens with one attached hydrogen (secondary N) is 1. The largest absolute Gasteiger partial charge is 0.341 e. The molecule has 0 spiro atoms. The predicted octanol–water partition coefficient (Wildman–Crippen LogP) is 5.70. The van der Waals surface area contributed by atoms with Gasteiger partial charge >= 0.3 is 0 Å². The average molecular weight is 502 g/mol. The van der Waals surface area contributed by atoms with Crippen molar-refractivity contribution in [3.05, 3.63) is 64.2 Å². The van der Waals surface area contributed by atoms with Gasteiger partial charge in [0.05, 0.1) is 27.7 Å². The highest BCUT2D eigenvalue weighted by atomic mass is 32.2. The molecule has 8 heteroatoms. The number of H-pyrrole nitrogens is 1. The number of thioether (sulfide) groups is 1. The van der Waals surface area contributed by atoms with Crippen LogP contribution in [0.15, 0.2) is 52.4 Å². The zero-order valence-electron chi connectivity index (χ0n) is 20.4. The summed E-state index contributed by atoms with van der Waals surface area (Å²) in [7, 11) is 0. The molecule has 0 atom stereocenters. The number of likely N-dealkylation sites (tertiary alicyclic amines) is 1. The van der Waals surface area contributed by atoms with Crippen LogP contribution in [-0.4, -0.2) is 43.4 Å². The monoisotopic (exact) mass is 501 g/mol. The Balaban J connectivity index is 1.37. The zero-order valence-corrected chi connectivity index (χ0v) is 21.2. The molecular formula is C28H31N5O2S. The first kappa shape index (κ1) is 23.3. The Bertz CT molecular complexity index is 1430. The summed E-state index contributed by atoms with van der Waals surface area (Å²) < 4.78 is 1.92. The lowest BCUT2D eigenvalue weighted by atomic mass is 9.95. The number of rotatable bonds is 5. The highest BCUT2D eigenvalue weighted by Crippen LogP contribution is 2.32. The molecule has 2 aromatic carbocycles. The number of amides is 1. The Labute approximate surface area is 214 Å². The molecular weight excluding hydrogens is 470 g/mol. The van der Waals surface area contributed by atoms with Crippen LogP contribution in [0, 0.1) is 0 Å². The van der Waals surface area contributed by atoms with Crippen LogP contribution in [0.5, 0.6) is 0 Å². The quantitative estimate of drug-likeness (QED) is 0.280. The third-order valence-corrected chi connectivity index (χ3v) is 8.44. The van der Waals surface area contributed by atoms with Gasteiger partial charge in [0.1, 0.15) is 5.82 Å². The van der Waals surface area contributed by atoms with Crippen LogP contribution in [0.4, 0.5) is 0 Å². The van der Waals surface area contributed by atoms with Gasteiger partial charge < -0.3 is 9.88 Å². The fraction of sp³-hybridized carbons (Fsp3) is 0.429. The van der Waals surface area contributed by atoms with E-state index in [0.717, 1.165) is 68.5 Å². The van der Waals surface area contributed by atoms with Crippen LogP contribution in [0.1, 0.15) is 73.6 Å². The van der Waals surface area contributed by atoms with Crippen molar-refractivity contribution >= 4 is 39.6 Å². The standard InChI is InChI=1S/C28H31N5O2S/c34-26(32-15-7-2-8-16-32)19-13-14-21-24(17-19)31-28(33(27(21)35)20-9-3-1-4-10-20)36-18-25-29-22-11-5-6-12-23(22)30-25/h5-6,11-14,17,20H,1-4,7-10,15-16,18H2,(H,29,30). The van der Waals surface area contributed by atoms with Crippen molar-refractivity contribution in [1.29, 1.82) is 0 Å². The molecule has 0 bridgehead atoms. The number of aromatic amines is 1. The molecule has 1 amide bonds. The maximum Gasteiger partial charge on any atom is 0.262 e. The van der Waals surface area contributed by atoms with Crippen molar-refractivity contribution in [2.45, 2.75) is 68.3 Å². The van der Waals surface area contributed by atoms with Gasteiger partial charge in [-0.15, -0.1) is 0 Å². The van der Waals surface area contributed by atoms with Crippen LogP contribution in [0.25, 0.3) is 21.9 Å². The van der Waals surface area contributed by atoms with E-state index >= 15 is 0 Å². The van der Waals surface area contributed by atoms with E-state index in [1.54, 1.807) is 23.9 Å². The molecule has 3 heterocycles. The molecule has 1 aliphatic heterocycles. The van der Waals surface area contributed by atoms with Gasteiger partial charge in [-0.25, -0.2) is 9.97 Å². The Hall–Kier alpha value is -3.13. The van der Waals surface area contributed by atoms with Gasteiger partial charge in [0, 0.05) is 24.7 Å². The molecule has 7 nitrogen and oxygen atoms in total. The van der Waals surface area contributed by atoms with Gasteiger partial charge in [-0.3, -0.25) is 14.2 Å². The fourth-order valence-corrected chi connectivity index (χ4v) is 6.50. The number of hydrogen-bond donors (Lipinski definition) is 1. The van der Waals surface area contributed by atoms with Crippen molar-refractivity contribution < 1.29 is 4.79 Å². The number of benzene rings is 2. The second kappa shape index (κ2) is 10.1. The molecule has 1 aliphatic carbocycles. The van der Waals surface area contributed by atoms with E-state index in [1.165, 1.54) is 12.8 Å². The first-order valence-corrected chi connectivity index (χ1v) is 14.1. The molecule has 36 heavy (non-hydrogen) atoms. The number of piperidine rings is 1. The lowest BCUT2D eigenvalue weighted by molar-refractivity contribution is 0.0724. The molecule has 2 aliphatic rings. The second-order valence-corrected chi connectivity index (χ2v) is 10.9. The van der Waals surface area contributed by atoms with Crippen molar-refractivity contribution in [3.63, 3.8) is 0 Å². The number of fused-ring (bicyclic) bond motifs is 2. The molecule has 0 unspecified atom stereocenters. The smallest absolute Gasteiger partial charge is 0.262 e. The van der Waals surface area contributed by atoms with E-state index in [-0.39, 0.29) is 17.5 Å². The van der Waals surface area contributed by atoms with Gasteiger partial charge in [-0.05, 0) is 62.4 Å². The molecule has 2 aromatic heterocycles. The SMILES string of the molecule is O=C(c1ccc2c(=O)n(C3CCCCC3)c(SCc3nc4ccccc4[nH]3)nc2c1)N1CCCCC1. The fourth-order valence-electron chi connectivity index (χ4n) is 5.56. The minimum atomic E-state index is -0.00372. The Morgan fingerprint density at radius 1 is 0.944 bits per heavy atom. The maximum atomic E-state index is 13.8. The van der Waals surface area contributed by atoms with E-state index in [9.17, 15) is 9.59 Å². The van der Waals surface area contributed by atoms with Crippen LogP contribution in [0.2, 0.25) is 0 Å². The van der Waals surface area contributed by atoms with Crippen LogP contribution in [-0.2, 0) is 5.75 Å². The van der Waals surface area contributed by atoms with Crippen LogP contribution in [0.3, 0.4) is 0 Å². The summed E-state index contributed by atoms with van der Waals surface area (Å²) in [5, 5.41) is 1.30. The van der Waals surface area contributed by atoms with Crippen LogP contribution >= 0.6 is 11.8 Å². The number of carbonyl (C=O) groups is 1. The molecule has 2 fully saturated rings. The van der Waals surface area contributed by atoms with Crippen molar-refractivity contribution in [2.75, 3.05) is 13.1 Å². The van der Waals surface area contributed by atoms with E-state index in [2.05, 4.69) is 4.98 Å². The average Bonchev–Trinajstić information content (AvgIpc) is 3.35. The summed E-state index contributed by atoms with van der Waals surface area (Å²) in [6, 6.07) is 13.6. The zero-order chi connectivity index (χ0) is 24.5. The minimum absolute atomic E-state index is 0.00372. The summed E-state index contributed by atoms with van der Waals surface area (Å²) >= 11 is 1.54. The first-order chi connectivity index (χ1) is 17.7. The Morgan fingerprint density at radius 2 is 1.72 bits per heavy atom. The van der Waals surface area contributed by atoms with Crippen molar-refractivity contribution in [3.8, 4) is 0 Å². The lowest BCUT2D eigenvalue weighted by Gasteiger charge is -2.27. The molecule has 6 rings (SSSR count). The number of hydrogen-bond acceptors (Lipinski definition) is 5. The highest BCUT2D eigenvalue weighted by molar-refractivity contribution is 7.98. The highest BCUT2D eigenvalue weighted by Gasteiger charge is 2.24. The van der Waals surface area contributed by atoms with Crippen LogP contribution < -0.4 is 5.56 Å². The third kappa shape index (κ3) is 4.54. The normalized spacial score (nSPS) is 17.2. The summed E-state index contributed by atoms with van der Waals surface area (Å²) in [4.78, 5) is 41.9. The van der Waals surface area contributed by atoms with E-state index in [0.29, 0.717) is 27.4 Å². The van der Waals surface area contributed by atoms with Gasteiger partial charge in [0.15, 0.2) is 5.16 Å². The molecule has 1 saturated heterocycles. The maximum absolute atomic E-state index is 13.8. The number of imidazole rings is 1. The number of aromatic nitrogens is 4. The van der Waals surface area contributed by atoms with Crippen molar-refractivity contribution in [2.24, 2.45) is 0 Å². The molecule has 186 valence electrons. The van der Waals surface area contributed by atoms with Crippen molar-refractivity contribution in [1.82, 2.24) is 24.4 Å². The number of nitrogens with zero attached hydrogens (tertiary/aromatic N) is 4. The number of carbonyl (C=O) groups excluding carboxylic acids is 1. The summed E-state index contributed by atoms with van der Waals surface area (Å²) in [6.07, 6.45) is 8.75. The molecule has 0 radical (unpaired) electrons. The summed E-state index contributed by atoms with van der Waals surface area (Å²) in [6.45, 7) is 1.60. The first-order valence-electron chi connectivity index (χ1n) is 13.1. The number of para-hydroxylation sites is 2. The molecule has 4 aromatic rings. The molecule has 1 saturated carbocycles. The lowest BCUT2D eigenvalue weighted by Crippen LogP contribution is -2.35. The summed E-state index contributed by atoms with van der Waals surface area (Å²) in [5.41, 5.74) is 3.15. The van der Waals surface area contributed by atoms with Gasteiger partial charge in [0.2, 0.25) is 0 Å². The van der Waals surface area contributed by atoms with Gasteiger partial charge in [-0.2, -0.15) is 0 Å². The third-order valence-electron chi connectivity index (χ3n) is 7.48. The Kier molecular flexibility index (Phi) is 6.52. The van der Waals surface area contributed by atoms with E-state index in [4.69, 9.17) is 9.97 Å².